The summed E-state index contributed by atoms with van der Waals surface area (Å²) in [6.07, 6.45) is 0. The molecular weight excluding hydrogens is 297 g/mol. The summed E-state index contributed by atoms with van der Waals surface area (Å²) in [5, 5.41) is 5.04. The lowest BCUT2D eigenvalue weighted by Crippen LogP contribution is -1.87. The van der Waals surface area contributed by atoms with Crippen molar-refractivity contribution in [2.45, 2.75) is 0 Å². The van der Waals surface area contributed by atoms with E-state index in [1.165, 1.54) is 0 Å². The zero-order valence-corrected chi connectivity index (χ0v) is 11.7. The largest absolute Gasteiger partial charge is 0.398 e. The number of aromatic nitrogens is 2. The summed E-state index contributed by atoms with van der Waals surface area (Å²) in [7, 11) is 0. The van der Waals surface area contributed by atoms with Gasteiger partial charge >= 0.3 is 0 Å². The van der Waals surface area contributed by atoms with E-state index in [0.717, 1.165) is 5.56 Å². The number of rotatable bonds is 2. The van der Waals surface area contributed by atoms with Gasteiger partial charge in [-0.1, -0.05) is 40.5 Å². The highest BCUT2D eigenvalue weighted by atomic mass is 35.5. The molecule has 0 fully saturated rings. The fourth-order valence-electron chi connectivity index (χ4n) is 1.76. The lowest BCUT2D eigenvalue weighted by molar-refractivity contribution is 0.432. The van der Waals surface area contributed by atoms with Crippen molar-refractivity contribution in [1.29, 1.82) is 0 Å². The van der Waals surface area contributed by atoms with E-state index >= 15 is 0 Å². The Bertz CT molecular complexity index is 771. The van der Waals surface area contributed by atoms with E-state index in [9.17, 15) is 0 Å². The molecule has 2 aromatic carbocycles. The van der Waals surface area contributed by atoms with Crippen molar-refractivity contribution in [1.82, 2.24) is 10.1 Å². The first-order chi connectivity index (χ1) is 9.63. The number of anilines is 1. The summed E-state index contributed by atoms with van der Waals surface area (Å²) in [6, 6.07) is 12.4. The highest BCUT2D eigenvalue weighted by Gasteiger charge is 2.11. The minimum absolute atomic E-state index is 0.378. The first kappa shape index (κ1) is 13.0. The maximum absolute atomic E-state index is 5.94. The van der Waals surface area contributed by atoms with E-state index in [0.29, 0.717) is 33.0 Å². The molecule has 0 radical (unpaired) electrons. The number of nitrogens with zero attached hydrogens (tertiary/aromatic N) is 2. The molecule has 0 atom stereocenters. The third-order valence-corrected chi connectivity index (χ3v) is 3.33. The van der Waals surface area contributed by atoms with Crippen LogP contribution in [0.25, 0.3) is 22.8 Å². The molecule has 0 amide bonds. The molecule has 2 N–H and O–H groups in total. The van der Waals surface area contributed by atoms with Crippen LogP contribution in [0.5, 0.6) is 0 Å². The Labute approximate surface area is 125 Å². The molecule has 0 aliphatic rings. The summed E-state index contributed by atoms with van der Waals surface area (Å²) in [4.78, 5) is 4.33. The number of benzene rings is 2. The van der Waals surface area contributed by atoms with Gasteiger partial charge in [0.05, 0.1) is 10.7 Å². The van der Waals surface area contributed by atoms with Gasteiger partial charge in [0.2, 0.25) is 5.82 Å². The Balaban J connectivity index is 1.99. The van der Waals surface area contributed by atoms with Crippen molar-refractivity contribution < 1.29 is 4.52 Å². The van der Waals surface area contributed by atoms with E-state index in [2.05, 4.69) is 10.1 Å². The van der Waals surface area contributed by atoms with Crippen LogP contribution >= 0.6 is 23.2 Å². The predicted molar refractivity (Wildman–Crippen MR) is 79.6 cm³/mol. The van der Waals surface area contributed by atoms with Gasteiger partial charge in [-0.05, 0) is 30.3 Å². The summed E-state index contributed by atoms with van der Waals surface area (Å²) in [5.41, 5.74) is 7.72. The molecule has 0 saturated carbocycles. The molecule has 0 aliphatic carbocycles. The van der Waals surface area contributed by atoms with Gasteiger partial charge in [-0.2, -0.15) is 4.98 Å². The quantitative estimate of drug-likeness (QED) is 0.717. The van der Waals surface area contributed by atoms with Gasteiger partial charge in [-0.3, -0.25) is 0 Å². The van der Waals surface area contributed by atoms with Crippen LogP contribution in [-0.2, 0) is 0 Å². The van der Waals surface area contributed by atoms with Crippen LogP contribution in [0.3, 0.4) is 0 Å². The SMILES string of the molecule is Nc1cc(-c2nc(-c3cccc(Cl)c3)no2)ccc1Cl. The average Bonchev–Trinajstić information content (AvgIpc) is 2.92. The van der Waals surface area contributed by atoms with E-state index in [-0.39, 0.29) is 0 Å². The Kier molecular flexibility index (Phi) is 3.34. The summed E-state index contributed by atoms with van der Waals surface area (Å²) in [6.45, 7) is 0. The molecule has 0 saturated heterocycles. The fraction of sp³-hybridized carbons (Fsp3) is 0. The highest BCUT2D eigenvalue weighted by Crippen LogP contribution is 2.27. The van der Waals surface area contributed by atoms with Crippen LogP contribution < -0.4 is 5.73 Å². The molecule has 100 valence electrons. The standard InChI is InChI=1S/C14H9Cl2N3O/c15-10-3-1-2-8(6-10)13-18-14(20-19-13)9-4-5-11(16)12(17)7-9/h1-7H,17H2. The Morgan fingerprint density at radius 2 is 1.85 bits per heavy atom. The van der Waals surface area contributed by atoms with Gasteiger partial charge in [-0.15, -0.1) is 0 Å². The topological polar surface area (TPSA) is 64.9 Å². The normalized spacial score (nSPS) is 10.7. The molecular formula is C14H9Cl2N3O. The van der Waals surface area contributed by atoms with Gasteiger partial charge in [0.15, 0.2) is 0 Å². The Morgan fingerprint density at radius 1 is 1.00 bits per heavy atom. The highest BCUT2D eigenvalue weighted by molar-refractivity contribution is 6.33. The van der Waals surface area contributed by atoms with Crippen LogP contribution in [0, 0.1) is 0 Å². The van der Waals surface area contributed by atoms with Crippen LogP contribution in [0.4, 0.5) is 5.69 Å². The third-order valence-electron chi connectivity index (χ3n) is 2.75. The van der Waals surface area contributed by atoms with E-state index in [4.69, 9.17) is 33.5 Å². The van der Waals surface area contributed by atoms with E-state index in [1.54, 1.807) is 30.3 Å². The summed E-state index contributed by atoms with van der Waals surface area (Å²) < 4.78 is 5.24. The van der Waals surface area contributed by atoms with Crippen LogP contribution in [0.15, 0.2) is 47.0 Å². The van der Waals surface area contributed by atoms with E-state index in [1.807, 2.05) is 12.1 Å². The van der Waals surface area contributed by atoms with Crippen molar-refractivity contribution in [3.05, 3.63) is 52.5 Å². The number of halogens is 2. The maximum atomic E-state index is 5.94. The monoisotopic (exact) mass is 305 g/mol. The van der Waals surface area contributed by atoms with E-state index < -0.39 is 0 Å². The summed E-state index contributed by atoms with van der Waals surface area (Å²) in [5.74, 6) is 0.847. The number of hydrogen-bond donors (Lipinski definition) is 1. The van der Waals surface area contributed by atoms with Gasteiger partial charge in [0, 0.05) is 16.1 Å². The molecule has 0 spiro atoms. The maximum Gasteiger partial charge on any atom is 0.258 e. The van der Waals surface area contributed by atoms with Crippen molar-refractivity contribution >= 4 is 28.9 Å². The first-order valence-electron chi connectivity index (χ1n) is 5.78. The van der Waals surface area contributed by atoms with Gasteiger partial charge in [0.25, 0.3) is 5.89 Å². The van der Waals surface area contributed by atoms with Gasteiger partial charge in [-0.25, -0.2) is 0 Å². The number of nitrogens with two attached hydrogens (primary N) is 1. The minimum atomic E-state index is 0.378. The second-order valence-electron chi connectivity index (χ2n) is 4.17. The zero-order chi connectivity index (χ0) is 14.1. The molecule has 0 aliphatic heterocycles. The second kappa shape index (κ2) is 5.15. The third kappa shape index (κ3) is 2.48. The molecule has 0 bridgehead atoms. The van der Waals surface area contributed by atoms with Crippen LogP contribution in [0.2, 0.25) is 10.0 Å². The lowest BCUT2D eigenvalue weighted by atomic mass is 10.2. The molecule has 4 nitrogen and oxygen atoms in total. The molecule has 6 heteroatoms. The molecule has 3 rings (SSSR count). The zero-order valence-electron chi connectivity index (χ0n) is 10.2. The Morgan fingerprint density at radius 3 is 2.60 bits per heavy atom. The fourth-order valence-corrected chi connectivity index (χ4v) is 2.07. The second-order valence-corrected chi connectivity index (χ2v) is 5.01. The number of hydrogen-bond acceptors (Lipinski definition) is 4. The molecule has 1 heterocycles. The first-order valence-corrected chi connectivity index (χ1v) is 6.54. The predicted octanol–water partition coefficient (Wildman–Crippen LogP) is 4.29. The van der Waals surface area contributed by atoms with Crippen LogP contribution in [-0.4, -0.2) is 10.1 Å². The Hall–Kier alpha value is -2.04. The van der Waals surface area contributed by atoms with Crippen molar-refractivity contribution in [2.75, 3.05) is 5.73 Å². The van der Waals surface area contributed by atoms with Gasteiger partial charge in [0.1, 0.15) is 0 Å². The smallest absolute Gasteiger partial charge is 0.258 e. The van der Waals surface area contributed by atoms with Crippen LogP contribution in [0.1, 0.15) is 0 Å². The molecule has 3 aromatic rings. The van der Waals surface area contributed by atoms with Crippen molar-refractivity contribution in [2.24, 2.45) is 0 Å². The molecule has 1 aromatic heterocycles. The molecule has 20 heavy (non-hydrogen) atoms. The summed E-state index contributed by atoms with van der Waals surface area (Å²) >= 11 is 11.8. The van der Waals surface area contributed by atoms with Crippen molar-refractivity contribution in [3.63, 3.8) is 0 Å². The lowest BCUT2D eigenvalue weighted by Gasteiger charge is -1.99. The minimum Gasteiger partial charge on any atom is -0.398 e. The molecule has 0 unspecified atom stereocenters. The average molecular weight is 306 g/mol. The van der Waals surface area contributed by atoms with Crippen molar-refractivity contribution in [3.8, 4) is 22.8 Å². The van der Waals surface area contributed by atoms with Gasteiger partial charge < -0.3 is 10.3 Å². The number of nitrogen functional groups attached to an aromatic ring is 1.